The summed E-state index contributed by atoms with van der Waals surface area (Å²) in [5.41, 5.74) is 2.14. The molecule has 3 aromatic rings. The zero-order valence-electron chi connectivity index (χ0n) is 13.8. The number of aromatic nitrogens is 2. The molecule has 0 saturated heterocycles. The molecule has 1 heterocycles. The quantitative estimate of drug-likeness (QED) is 0.747. The van der Waals surface area contributed by atoms with Crippen molar-refractivity contribution in [2.75, 3.05) is 24.4 Å². The molecule has 0 bridgehead atoms. The predicted molar refractivity (Wildman–Crippen MR) is 96.9 cm³/mol. The third kappa shape index (κ3) is 3.63. The van der Waals surface area contributed by atoms with E-state index < -0.39 is 0 Å². The lowest BCUT2D eigenvalue weighted by atomic mass is 10.2. The molecule has 5 nitrogen and oxygen atoms in total. The van der Waals surface area contributed by atoms with Crippen LogP contribution in [0.25, 0.3) is 0 Å². The molecule has 0 aliphatic heterocycles. The molecule has 3 rings (SSSR count). The van der Waals surface area contributed by atoms with Gasteiger partial charge in [-0.1, -0.05) is 36.4 Å². The zero-order chi connectivity index (χ0) is 16.8. The van der Waals surface area contributed by atoms with E-state index in [9.17, 15) is 0 Å². The molecule has 0 fully saturated rings. The van der Waals surface area contributed by atoms with Gasteiger partial charge in [0.05, 0.1) is 7.11 Å². The second kappa shape index (κ2) is 7.46. The number of nitrogens with one attached hydrogen (secondary N) is 1. The van der Waals surface area contributed by atoms with Crippen molar-refractivity contribution in [1.29, 1.82) is 0 Å². The number of methoxy groups -OCH3 is 1. The van der Waals surface area contributed by atoms with Gasteiger partial charge in [-0.3, -0.25) is 0 Å². The van der Waals surface area contributed by atoms with Crippen LogP contribution in [0.15, 0.2) is 66.9 Å². The first-order valence-corrected chi connectivity index (χ1v) is 7.75. The molecular weight excluding hydrogens is 300 g/mol. The highest BCUT2D eigenvalue weighted by Crippen LogP contribution is 2.22. The van der Waals surface area contributed by atoms with Crippen molar-refractivity contribution in [2.24, 2.45) is 0 Å². The molecule has 5 heteroatoms. The van der Waals surface area contributed by atoms with Gasteiger partial charge in [0.25, 0.3) is 0 Å². The molecule has 0 saturated carbocycles. The van der Waals surface area contributed by atoms with Crippen LogP contribution in [0.2, 0.25) is 0 Å². The van der Waals surface area contributed by atoms with E-state index in [-0.39, 0.29) is 0 Å². The van der Waals surface area contributed by atoms with Gasteiger partial charge in [0.2, 0.25) is 5.95 Å². The van der Waals surface area contributed by atoms with E-state index in [0.717, 1.165) is 22.8 Å². The van der Waals surface area contributed by atoms with Crippen molar-refractivity contribution >= 4 is 17.5 Å². The third-order valence-corrected chi connectivity index (χ3v) is 3.76. The summed E-state index contributed by atoms with van der Waals surface area (Å²) in [6.45, 7) is 0.600. The van der Waals surface area contributed by atoms with Crippen LogP contribution in [0.1, 0.15) is 5.56 Å². The minimum absolute atomic E-state index is 0.584. The number of nitrogens with zero attached hydrogens (tertiary/aromatic N) is 3. The first kappa shape index (κ1) is 15.8. The van der Waals surface area contributed by atoms with Crippen LogP contribution in [0.5, 0.6) is 5.75 Å². The average molecular weight is 320 g/mol. The molecule has 0 spiro atoms. The fraction of sp³-hybridized carbons (Fsp3) is 0.158. The minimum atomic E-state index is 0.584. The number of rotatable bonds is 6. The van der Waals surface area contributed by atoms with E-state index in [1.54, 1.807) is 13.3 Å². The van der Waals surface area contributed by atoms with E-state index in [0.29, 0.717) is 12.5 Å². The first-order valence-electron chi connectivity index (χ1n) is 7.75. The Morgan fingerprint density at radius 2 is 1.75 bits per heavy atom. The maximum atomic E-state index is 5.36. The molecule has 0 amide bonds. The molecule has 24 heavy (non-hydrogen) atoms. The SMILES string of the molecule is COc1ccccc1CNc1nccc(N(C)c2ccccc2)n1. The van der Waals surface area contributed by atoms with Gasteiger partial charge in [-0.2, -0.15) is 4.98 Å². The number of anilines is 3. The lowest BCUT2D eigenvalue weighted by Crippen LogP contribution is -2.13. The van der Waals surface area contributed by atoms with Gasteiger partial charge in [0.15, 0.2) is 0 Å². The van der Waals surface area contributed by atoms with Crippen LogP contribution in [-0.2, 0) is 6.54 Å². The van der Waals surface area contributed by atoms with Crippen LogP contribution in [-0.4, -0.2) is 24.1 Å². The Labute approximate surface area is 142 Å². The highest BCUT2D eigenvalue weighted by atomic mass is 16.5. The lowest BCUT2D eigenvalue weighted by Gasteiger charge is -2.18. The van der Waals surface area contributed by atoms with E-state index >= 15 is 0 Å². The maximum Gasteiger partial charge on any atom is 0.224 e. The van der Waals surface area contributed by atoms with Crippen molar-refractivity contribution in [1.82, 2.24) is 9.97 Å². The molecule has 0 radical (unpaired) electrons. The summed E-state index contributed by atoms with van der Waals surface area (Å²) in [6.07, 6.45) is 1.76. The number of hydrogen-bond acceptors (Lipinski definition) is 5. The van der Waals surface area contributed by atoms with Gasteiger partial charge in [-0.05, 0) is 24.3 Å². The van der Waals surface area contributed by atoms with Crippen LogP contribution < -0.4 is 15.0 Å². The van der Waals surface area contributed by atoms with Crippen LogP contribution in [0, 0.1) is 0 Å². The number of ether oxygens (including phenoxy) is 1. The maximum absolute atomic E-state index is 5.36. The Kier molecular flexibility index (Phi) is 4.91. The van der Waals surface area contributed by atoms with Gasteiger partial charge < -0.3 is 15.0 Å². The van der Waals surface area contributed by atoms with Crippen LogP contribution in [0.4, 0.5) is 17.5 Å². The smallest absolute Gasteiger partial charge is 0.224 e. The standard InChI is InChI=1S/C19H20N4O/c1-23(16-9-4-3-5-10-16)18-12-13-20-19(22-18)21-14-15-8-6-7-11-17(15)24-2/h3-13H,14H2,1-2H3,(H,20,21,22). The third-order valence-electron chi connectivity index (χ3n) is 3.76. The molecule has 1 aromatic heterocycles. The highest BCUT2D eigenvalue weighted by Gasteiger charge is 2.07. The van der Waals surface area contributed by atoms with Crippen molar-refractivity contribution < 1.29 is 4.74 Å². The molecule has 0 unspecified atom stereocenters. The Balaban J connectivity index is 1.74. The number of para-hydroxylation sites is 2. The highest BCUT2D eigenvalue weighted by molar-refractivity contribution is 5.59. The van der Waals surface area contributed by atoms with Crippen LogP contribution >= 0.6 is 0 Å². The monoisotopic (exact) mass is 320 g/mol. The van der Waals surface area contributed by atoms with Crippen molar-refractivity contribution in [3.63, 3.8) is 0 Å². The molecule has 2 aromatic carbocycles. The molecule has 0 aliphatic rings. The summed E-state index contributed by atoms with van der Waals surface area (Å²) in [7, 11) is 3.66. The summed E-state index contributed by atoms with van der Waals surface area (Å²) in [6, 6.07) is 19.9. The van der Waals surface area contributed by atoms with Gasteiger partial charge >= 0.3 is 0 Å². The van der Waals surface area contributed by atoms with E-state index in [2.05, 4.69) is 15.3 Å². The average Bonchev–Trinajstić information content (AvgIpc) is 2.67. The van der Waals surface area contributed by atoms with Crippen LogP contribution in [0.3, 0.4) is 0 Å². The van der Waals surface area contributed by atoms with E-state index in [1.807, 2.05) is 72.6 Å². The summed E-state index contributed by atoms with van der Waals surface area (Å²) in [5.74, 6) is 2.27. The number of hydrogen-bond donors (Lipinski definition) is 1. The Morgan fingerprint density at radius 1 is 1.00 bits per heavy atom. The summed E-state index contributed by atoms with van der Waals surface area (Å²) in [5, 5.41) is 3.25. The minimum Gasteiger partial charge on any atom is -0.496 e. The lowest BCUT2D eigenvalue weighted by molar-refractivity contribution is 0.410. The predicted octanol–water partition coefficient (Wildman–Crippen LogP) is 3.87. The van der Waals surface area contributed by atoms with Crippen molar-refractivity contribution in [3.8, 4) is 5.75 Å². The summed E-state index contributed by atoms with van der Waals surface area (Å²) >= 11 is 0. The van der Waals surface area contributed by atoms with Crippen molar-refractivity contribution in [2.45, 2.75) is 6.54 Å². The normalized spacial score (nSPS) is 10.2. The number of benzene rings is 2. The molecule has 0 aliphatic carbocycles. The second-order valence-corrected chi connectivity index (χ2v) is 5.30. The topological polar surface area (TPSA) is 50.3 Å². The molecule has 122 valence electrons. The van der Waals surface area contributed by atoms with E-state index in [4.69, 9.17) is 4.74 Å². The summed E-state index contributed by atoms with van der Waals surface area (Å²) in [4.78, 5) is 10.9. The van der Waals surface area contributed by atoms with Gasteiger partial charge in [0, 0.05) is 31.0 Å². The van der Waals surface area contributed by atoms with E-state index in [1.165, 1.54) is 0 Å². The molecular formula is C19H20N4O. The molecule has 1 N–H and O–H groups in total. The van der Waals surface area contributed by atoms with Gasteiger partial charge in [0.1, 0.15) is 11.6 Å². The Morgan fingerprint density at radius 3 is 2.54 bits per heavy atom. The molecule has 0 atom stereocenters. The Hall–Kier alpha value is -3.08. The zero-order valence-corrected chi connectivity index (χ0v) is 13.8. The largest absolute Gasteiger partial charge is 0.496 e. The summed E-state index contributed by atoms with van der Waals surface area (Å²) < 4.78 is 5.36. The Bertz CT molecular complexity index is 792. The first-order chi connectivity index (χ1) is 11.8. The van der Waals surface area contributed by atoms with Gasteiger partial charge in [-0.15, -0.1) is 0 Å². The fourth-order valence-electron chi connectivity index (χ4n) is 2.43. The van der Waals surface area contributed by atoms with Crippen molar-refractivity contribution in [3.05, 3.63) is 72.4 Å². The fourth-order valence-corrected chi connectivity index (χ4v) is 2.43. The van der Waals surface area contributed by atoms with Gasteiger partial charge in [-0.25, -0.2) is 4.98 Å². The second-order valence-electron chi connectivity index (χ2n) is 5.30.